The molecule has 5 bridgehead atoms. The fraction of sp³-hybridized carbons (Fsp3) is 0.926. The van der Waals surface area contributed by atoms with Crippen molar-refractivity contribution >= 4 is 20.8 Å². The number of hydrogen-bond donors (Lipinski definition) is 1. The second-order valence-corrected chi connectivity index (χ2v) is 15.9. The SMILES string of the molecule is CC(C)CCC[C@H]1COS(=O)(=O)OS(=O)(=O)O[C@@H]2CC[C@@]3(C)C(=CC[C@H]4[C@@H]5CC[C@H]1[C@@]5(C)CC[C@@H]43)[C@H]2O. The third-order valence-corrected chi connectivity index (χ3v) is 13.2. The van der Waals surface area contributed by atoms with Gasteiger partial charge in [0.2, 0.25) is 0 Å². The molecule has 1 N–H and O–H groups in total. The van der Waals surface area contributed by atoms with Crippen LogP contribution in [0.25, 0.3) is 0 Å². The highest BCUT2D eigenvalue weighted by Crippen LogP contribution is 2.67. The van der Waals surface area contributed by atoms with Gasteiger partial charge in [0.25, 0.3) is 0 Å². The zero-order valence-corrected chi connectivity index (χ0v) is 24.2. The molecule has 5 fully saturated rings. The number of hydrogen-bond acceptors (Lipinski definition) is 8. The summed E-state index contributed by atoms with van der Waals surface area (Å²) in [6, 6.07) is 0. The average molecular weight is 561 g/mol. The molecule has 37 heavy (non-hydrogen) atoms. The molecule has 6 aliphatic rings. The van der Waals surface area contributed by atoms with Crippen LogP contribution in [0.2, 0.25) is 0 Å². The summed E-state index contributed by atoms with van der Waals surface area (Å²) in [6.45, 7) is 8.91. The maximum absolute atomic E-state index is 12.6. The quantitative estimate of drug-likeness (QED) is 0.483. The molecule has 2 saturated heterocycles. The van der Waals surface area contributed by atoms with Gasteiger partial charge in [-0.2, -0.15) is 16.8 Å². The molecular formula is C27H44O8S2. The predicted octanol–water partition coefficient (Wildman–Crippen LogP) is 4.90. The van der Waals surface area contributed by atoms with Gasteiger partial charge in [0.1, 0.15) is 12.2 Å². The first kappa shape index (κ1) is 28.0. The first-order valence-electron chi connectivity index (χ1n) is 14.2. The van der Waals surface area contributed by atoms with E-state index in [9.17, 15) is 21.9 Å². The largest absolute Gasteiger partial charge is 0.416 e. The Kier molecular flexibility index (Phi) is 7.45. The summed E-state index contributed by atoms with van der Waals surface area (Å²) in [5, 5.41) is 11.2. The lowest BCUT2D eigenvalue weighted by molar-refractivity contribution is -0.0797. The van der Waals surface area contributed by atoms with Crippen LogP contribution in [-0.4, -0.2) is 40.8 Å². The molecule has 0 amide bonds. The number of aliphatic hydroxyl groups is 1. The Morgan fingerprint density at radius 1 is 1.00 bits per heavy atom. The van der Waals surface area contributed by atoms with Crippen molar-refractivity contribution in [3.8, 4) is 0 Å². The summed E-state index contributed by atoms with van der Waals surface area (Å²) >= 11 is 0. The van der Waals surface area contributed by atoms with Crippen LogP contribution in [0.4, 0.5) is 0 Å². The number of fused-ring (bicyclic) bond motifs is 8. The van der Waals surface area contributed by atoms with Gasteiger partial charge in [0.05, 0.1) is 6.61 Å². The van der Waals surface area contributed by atoms with Crippen LogP contribution in [0.15, 0.2) is 11.6 Å². The molecule has 0 unspecified atom stereocenters. The molecule has 0 aromatic rings. The van der Waals surface area contributed by atoms with E-state index in [0.29, 0.717) is 42.4 Å². The molecule has 0 aromatic heterocycles. The van der Waals surface area contributed by atoms with Crippen LogP contribution < -0.4 is 0 Å². The van der Waals surface area contributed by atoms with Crippen LogP contribution in [0.5, 0.6) is 0 Å². The lowest BCUT2D eigenvalue weighted by Gasteiger charge is -2.59. The van der Waals surface area contributed by atoms with Crippen molar-refractivity contribution < 1.29 is 33.9 Å². The van der Waals surface area contributed by atoms with Crippen LogP contribution >= 0.6 is 0 Å². The molecule has 3 saturated carbocycles. The zero-order chi connectivity index (χ0) is 26.8. The molecular weight excluding hydrogens is 516 g/mol. The van der Waals surface area contributed by atoms with Crippen LogP contribution in [0, 0.1) is 46.3 Å². The highest BCUT2D eigenvalue weighted by molar-refractivity contribution is 7.95. The van der Waals surface area contributed by atoms with Gasteiger partial charge in [0.15, 0.2) is 0 Å². The van der Waals surface area contributed by atoms with E-state index in [4.69, 9.17) is 8.37 Å². The Morgan fingerprint density at radius 3 is 2.46 bits per heavy atom. The Morgan fingerprint density at radius 2 is 1.73 bits per heavy atom. The van der Waals surface area contributed by atoms with Crippen molar-refractivity contribution in [2.24, 2.45) is 46.3 Å². The fourth-order valence-electron chi connectivity index (χ4n) is 9.27. The molecule has 2 heterocycles. The topological polar surface area (TPSA) is 116 Å². The van der Waals surface area contributed by atoms with Gasteiger partial charge in [0, 0.05) is 0 Å². The van der Waals surface area contributed by atoms with Crippen LogP contribution in [0.3, 0.4) is 0 Å². The zero-order valence-electron chi connectivity index (χ0n) is 22.6. The summed E-state index contributed by atoms with van der Waals surface area (Å²) in [4.78, 5) is 0. The van der Waals surface area contributed by atoms with Gasteiger partial charge in [-0.05, 0) is 103 Å². The molecule has 9 atom stereocenters. The van der Waals surface area contributed by atoms with Crippen molar-refractivity contribution in [1.82, 2.24) is 0 Å². The maximum Gasteiger partial charge on any atom is 0.416 e. The van der Waals surface area contributed by atoms with E-state index in [-0.39, 0.29) is 23.4 Å². The standard InChI is InChI=1S/C27H44O8S2/c1-17(2)6-5-7-18-16-33-36(29,30)35-37(31,32)34-24-13-15-27(4)22-12-14-26(3)20(18)10-11-21(26)19(22)8-9-23(27)25(24)28/h9,17-22,24-25,28H,5-8,10-16H2,1-4H3/t18-,19-,20+,21-,22-,24+,25+,26+,27+/m0/s1. The minimum Gasteiger partial charge on any atom is -0.386 e. The average Bonchev–Trinajstić information content (AvgIpc) is 3.14. The first-order valence-corrected chi connectivity index (χ1v) is 16.8. The van der Waals surface area contributed by atoms with Gasteiger partial charge in [-0.25, -0.2) is 8.37 Å². The molecule has 2 aliphatic heterocycles. The van der Waals surface area contributed by atoms with E-state index < -0.39 is 33.0 Å². The lowest BCUT2D eigenvalue weighted by Crippen LogP contribution is -2.54. The second-order valence-electron chi connectivity index (χ2n) is 13.3. The van der Waals surface area contributed by atoms with Gasteiger partial charge in [-0.3, -0.25) is 0 Å². The van der Waals surface area contributed by atoms with E-state index in [1.807, 2.05) is 0 Å². The third-order valence-electron chi connectivity index (χ3n) is 11.0. The van der Waals surface area contributed by atoms with Gasteiger partial charge >= 0.3 is 20.8 Å². The summed E-state index contributed by atoms with van der Waals surface area (Å²) in [5.41, 5.74) is 0.715. The summed E-state index contributed by atoms with van der Waals surface area (Å²) < 4.78 is 65.3. The highest BCUT2D eigenvalue weighted by atomic mass is 32.3. The van der Waals surface area contributed by atoms with Gasteiger partial charge < -0.3 is 5.11 Å². The lowest BCUT2D eigenvalue weighted by atomic mass is 9.46. The molecule has 6 rings (SSSR count). The summed E-state index contributed by atoms with van der Waals surface area (Å²) in [6.07, 6.45) is 8.98. The van der Waals surface area contributed by atoms with Gasteiger partial charge in [-0.1, -0.05) is 46.6 Å². The van der Waals surface area contributed by atoms with Crippen molar-refractivity contribution in [1.29, 1.82) is 0 Å². The van der Waals surface area contributed by atoms with Crippen LogP contribution in [-0.2, 0) is 32.8 Å². The van der Waals surface area contributed by atoms with Crippen molar-refractivity contribution in [3.05, 3.63) is 11.6 Å². The van der Waals surface area contributed by atoms with E-state index >= 15 is 0 Å². The molecule has 212 valence electrons. The van der Waals surface area contributed by atoms with E-state index in [2.05, 4.69) is 37.4 Å². The van der Waals surface area contributed by atoms with E-state index in [1.165, 1.54) is 0 Å². The Hall–Kier alpha value is -0.520. The van der Waals surface area contributed by atoms with Crippen molar-refractivity contribution in [2.45, 2.75) is 104 Å². The third kappa shape index (κ3) is 5.08. The first-order chi connectivity index (χ1) is 17.3. The van der Waals surface area contributed by atoms with Crippen molar-refractivity contribution in [3.63, 3.8) is 0 Å². The van der Waals surface area contributed by atoms with E-state index in [1.54, 1.807) is 0 Å². The minimum atomic E-state index is -4.94. The van der Waals surface area contributed by atoms with E-state index in [0.717, 1.165) is 56.9 Å². The highest BCUT2D eigenvalue weighted by Gasteiger charge is 2.61. The molecule has 0 aromatic carbocycles. The van der Waals surface area contributed by atoms with Crippen molar-refractivity contribution in [2.75, 3.05) is 6.61 Å². The molecule has 0 radical (unpaired) electrons. The monoisotopic (exact) mass is 560 g/mol. The molecule has 0 spiro atoms. The number of aliphatic hydroxyl groups excluding tert-OH is 1. The molecule has 8 nitrogen and oxygen atoms in total. The molecule has 10 heteroatoms. The number of rotatable bonds is 4. The van der Waals surface area contributed by atoms with Crippen LogP contribution in [0.1, 0.15) is 91.9 Å². The summed E-state index contributed by atoms with van der Waals surface area (Å²) in [7, 11) is -9.79. The minimum absolute atomic E-state index is 0.00348. The Bertz CT molecular complexity index is 1120. The predicted molar refractivity (Wildman–Crippen MR) is 139 cm³/mol. The Labute approximate surface area is 223 Å². The normalized spacial score (nSPS) is 46.9. The van der Waals surface area contributed by atoms with Gasteiger partial charge in [-0.15, -0.1) is 3.63 Å². The smallest absolute Gasteiger partial charge is 0.386 e. The number of allylic oxidation sites excluding steroid dienone is 1. The molecule has 4 aliphatic carbocycles. The second kappa shape index (κ2) is 9.84. The fourth-order valence-corrected chi connectivity index (χ4v) is 11.2. The maximum atomic E-state index is 12.6. The summed E-state index contributed by atoms with van der Waals surface area (Å²) in [5.74, 6) is 2.37. The Balaban J connectivity index is 1.53.